The number of carbonyl (C=O) groups excluding carboxylic acids is 1. The van der Waals surface area contributed by atoms with Crippen molar-refractivity contribution in [3.63, 3.8) is 0 Å². The van der Waals surface area contributed by atoms with Crippen LogP contribution in [0.2, 0.25) is 5.02 Å². The molecule has 4 heteroatoms. The highest BCUT2D eigenvalue weighted by Crippen LogP contribution is 2.32. The molecule has 1 aromatic carbocycles. The first-order chi connectivity index (χ1) is 8.99. The molecule has 2 N–H and O–H groups in total. The minimum Gasteiger partial charge on any atom is -0.397 e. The Labute approximate surface area is 119 Å². The normalized spacial score (nSPS) is 23.1. The molecule has 1 saturated carbocycles. The van der Waals surface area contributed by atoms with Crippen molar-refractivity contribution in [1.29, 1.82) is 0 Å². The number of carbonyl (C=O) groups is 1. The van der Waals surface area contributed by atoms with Gasteiger partial charge in [0.05, 0.1) is 11.4 Å². The molecule has 1 aromatic rings. The molecule has 0 spiro atoms. The monoisotopic (exact) mass is 280 g/mol. The first-order valence-electron chi connectivity index (χ1n) is 6.81. The maximum Gasteiger partial charge on any atom is 0.229 e. The molecular formula is C15H21ClN2O. The van der Waals surface area contributed by atoms with Crippen LogP contribution in [-0.2, 0) is 4.79 Å². The molecule has 19 heavy (non-hydrogen) atoms. The molecule has 2 rings (SSSR count). The molecule has 1 aliphatic rings. The number of nitrogens with two attached hydrogens (primary N) is 1. The van der Waals surface area contributed by atoms with Crippen LogP contribution in [0.1, 0.15) is 32.6 Å². The summed E-state index contributed by atoms with van der Waals surface area (Å²) in [7, 11) is 1.78. The van der Waals surface area contributed by atoms with Crippen LogP contribution in [0.15, 0.2) is 18.2 Å². The number of anilines is 2. The zero-order valence-corrected chi connectivity index (χ0v) is 12.3. The van der Waals surface area contributed by atoms with Gasteiger partial charge in [0.25, 0.3) is 0 Å². The smallest absolute Gasteiger partial charge is 0.229 e. The van der Waals surface area contributed by atoms with Crippen LogP contribution >= 0.6 is 11.6 Å². The molecule has 104 valence electrons. The van der Waals surface area contributed by atoms with Crippen molar-refractivity contribution >= 4 is 28.9 Å². The summed E-state index contributed by atoms with van der Waals surface area (Å²) in [4.78, 5) is 14.2. The van der Waals surface area contributed by atoms with Crippen molar-refractivity contribution in [2.24, 2.45) is 11.8 Å². The largest absolute Gasteiger partial charge is 0.397 e. The summed E-state index contributed by atoms with van der Waals surface area (Å²) in [5, 5.41) is 0.598. The Morgan fingerprint density at radius 1 is 1.32 bits per heavy atom. The Bertz CT molecular complexity index is 467. The van der Waals surface area contributed by atoms with Gasteiger partial charge in [0.1, 0.15) is 0 Å². The molecule has 0 radical (unpaired) electrons. The number of nitrogens with zero attached hydrogens (tertiary/aromatic N) is 1. The number of nitrogen functional groups attached to an aromatic ring is 1. The standard InChI is InChI=1S/C15H21ClN2O/c1-10-3-5-11(6-4-10)15(19)18(2)14-9-12(16)7-8-13(14)17/h7-11H,3-6,17H2,1-2H3. The first-order valence-corrected chi connectivity index (χ1v) is 7.19. The lowest BCUT2D eigenvalue weighted by atomic mass is 9.82. The van der Waals surface area contributed by atoms with E-state index in [4.69, 9.17) is 17.3 Å². The number of rotatable bonds is 2. The van der Waals surface area contributed by atoms with Gasteiger partial charge >= 0.3 is 0 Å². The Kier molecular flexibility index (Phi) is 4.35. The molecule has 3 nitrogen and oxygen atoms in total. The maximum atomic E-state index is 12.5. The average molecular weight is 281 g/mol. The van der Waals surface area contributed by atoms with Crippen LogP contribution in [0, 0.1) is 11.8 Å². The van der Waals surface area contributed by atoms with Crippen molar-refractivity contribution in [2.45, 2.75) is 32.6 Å². The first kappa shape index (κ1) is 14.2. The summed E-state index contributed by atoms with van der Waals surface area (Å²) in [5.41, 5.74) is 7.22. The Morgan fingerprint density at radius 2 is 1.95 bits per heavy atom. The fourth-order valence-electron chi connectivity index (χ4n) is 2.71. The minimum absolute atomic E-state index is 0.125. The van der Waals surface area contributed by atoms with Crippen LogP contribution < -0.4 is 10.6 Å². The predicted octanol–water partition coefficient (Wildman–Crippen LogP) is 3.71. The zero-order valence-electron chi connectivity index (χ0n) is 11.5. The van der Waals surface area contributed by atoms with Crippen molar-refractivity contribution < 1.29 is 4.79 Å². The summed E-state index contributed by atoms with van der Waals surface area (Å²) in [6, 6.07) is 5.23. The highest BCUT2D eigenvalue weighted by molar-refractivity contribution is 6.31. The number of hydrogen-bond donors (Lipinski definition) is 1. The van der Waals surface area contributed by atoms with Crippen molar-refractivity contribution in [3.8, 4) is 0 Å². The third-order valence-electron chi connectivity index (χ3n) is 4.05. The molecule has 0 aliphatic heterocycles. The van der Waals surface area contributed by atoms with E-state index in [2.05, 4.69) is 6.92 Å². The lowest BCUT2D eigenvalue weighted by Gasteiger charge is -2.29. The van der Waals surface area contributed by atoms with Crippen LogP contribution in [-0.4, -0.2) is 13.0 Å². The van der Waals surface area contributed by atoms with Crippen LogP contribution in [0.3, 0.4) is 0 Å². The van der Waals surface area contributed by atoms with E-state index in [9.17, 15) is 4.79 Å². The van der Waals surface area contributed by atoms with E-state index < -0.39 is 0 Å². The van der Waals surface area contributed by atoms with Crippen molar-refractivity contribution in [3.05, 3.63) is 23.2 Å². The second-order valence-electron chi connectivity index (χ2n) is 5.56. The van der Waals surface area contributed by atoms with E-state index in [1.54, 1.807) is 30.1 Å². The van der Waals surface area contributed by atoms with Gasteiger partial charge in [0.2, 0.25) is 5.91 Å². The number of halogens is 1. The second kappa shape index (κ2) is 5.83. The number of benzene rings is 1. The average Bonchev–Trinajstić information content (AvgIpc) is 2.41. The third-order valence-corrected chi connectivity index (χ3v) is 4.28. The summed E-state index contributed by atoms with van der Waals surface area (Å²) in [5.74, 6) is 1.02. The van der Waals surface area contributed by atoms with E-state index in [0.717, 1.165) is 31.6 Å². The van der Waals surface area contributed by atoms with E-state index in [-0.39, 0.29) is 11.8 Å². The molecule has 0 aromatic heterocycles. The molecule has 1 aliphatic carbocycles. The van der Waals surface area contributed by atoms with Gasteiger partial charge < -0.3 is 10.6 Å². The Morgan fingerprint density at radius 3 is 2.58 bits per heavy atom. The number of hydrogen-bond acceptors (Lipinski definition) is 2. The third kappa shape index (κ3) is 3.21. The van der Waals surface area contributed by atoms with E-state index in [0.29, 0.717) is 16.4 Å². The molecule has 0 atom stereocenters. The van der Waals surface area contributed by atoms with Gasteiger partial charge in [-0.15, -0.1) is 0 Å². The highest BCUT2D eigenvalue weighted by Gasteiger charge is 2.27. The topological polar surface area (TPSA) is 46.3 Å². The molecule has 1 amide bonds. The quantitative estimate of drug-likeness (QED) is 0.840. The predicted molar refractivity (Wildman–Crippen MR) is 80.4 cm³/mol. The molecular weight excluding hydrogens is 260 g/mol. The summed E-state index contributed by atoms with van der Waals surface area (Å²) in [6.07, 6.45) is 4.22. The molecule has 0 saturated heterocycles. The maximum absolute atomic E-state index is 12.5. The fraction of sp³-hybridized carbons (Fsp3) is 0.533. The van der Waals surface area contributed by atoms with Crippen molar-refractivity contribution in [2.75, 3.05) is 17.7 Å². The summed E-state index contributed by atoms with van der Waals surface area (Å²) in [6.45, 7) is 2.25. The minimum atomic E-state index is 0.125. The molecule has 0 heterocycles. The van der Waals surface area contributed by atoms with Gasteiger partial charge in [-0.2, -0.15) is 0 Å². The van der Waals surface area contributed by atoms with Gasteiger partial charge in [-0.1, -0.05) is 18.5 Å². The van der Waals surface area contributed by atoms with Gasteiger partial charge in [-0.25, -0.2) is 0 Å². The van der Waals surface area contributed by atoms with Crippen LogP contribution in [0.5, 0.6) is 0 Å². The summed E-state index contributed by atoms with van der Waals surface area (Å²) < 4.78 is 0. The van der Waals surface area contributed by atoms with Crippen LogP contribution in [0.4, 0.5) is 11.4 Å². The number of amides is 1. The van der Waals surface area contributed by atoms with Gasteiger partial charge in [-0.3, -0.25) is 4.79 Å². The lowest BCUT2D eigenvalue weighted by molar-refractivity contribution is -0.123. The second-order valence-corrected chi connectivity index (χ2v) is 5.99. The van der Waals surface area contributed by atoms with Crippen LogP contribution in [0.25, 0.3) is 0 Å². The highest BCUT2D eigenvalue weighted by atomic mass is 35.5. The van der Waals surface area contributed by atoms with E-state index >= 15 is 0 Å². The molecule has 0 unspecified atom stereocenters. The molecule has 0 bridgehead atoms. The van der Waals surface area contributed by atoms with Gasteiger partial charge in [-0.05, 0) is 49.8 Å². The lowest BCUT2D eigenvalue weighted by Crippen LogP contribution is -2.35. The fourth-order valence-corrected chi connectivity index (χ4v) is 2.87. The zero-order chi connectivity index (χ0) is 14.0. The molecule has 1 fully saturated rings. The van der Waals surface area contributed by atoms with E-state index in [1.807, 2.05) is 0 Å². The van der Waals surface area contributed by atoms with Gasteiger partial charge in [0.15, 0.2) is 0 Å². The Hall–Kier alpha value is -1.22. The Balaban J connectivity index is 2.12. The van der Waals surface area contributed by atoms with E-state index in [1.165, 1.54) is 0 Å². The van der Waals surface area contributed by atoms with Crippen molar-refractivity contribution in [1.82, 2.24) is 0 Å². The summed E-state index contributed by atoms with van der Waals surface area (Å²) >= 11 is 5.98. The van der Waals surface area contributed by atoms with Gasteiger partial charge in [0, 0.05) is 18.0 Å². The SMILES string of the molecule is CC1CCC(C(=O)N(C)c2cc(Cl)ccc2N)CC1.